The van der Waals surface area contributed by atoms with Crippen LogP contribution in [0, 0.1) is 0 Å². The highest BCUT2D eigenvalue weighted by molar-refractivity contribution is 8.00. The van der Waals surface area contributed by atoms with Crippen LogP contribution in [0.4, 0.5) is 0 Å². The van der Waals surface area contributed by atoms with Crippen LogP contribution in [0.25, 0.3) is 0 Å². The summed E-state index contributed by atoms with van der Waals surface area (Å²) in [4.78, 5) is 11.0. The first-order valence-corrected chi connectivity index (χ1v) is 6.21. The summed E-state index contributed by atoms with van der Waals surface area (Å²) in [6.07, 6.45) is 0.0238. The van der Waals surface area contributed by atoms with Gasteiger partial charge in [0.15, 0.2) is 0 Å². The van der Waals surface area contributed by atoms with E-state index in [-0.39, 0.29) is 0 Å². The Morgan fingerprint density at radius 2 is 2.00 bits per heavy atom. The summed E-state index contributed by atoms with van der Waals surface area (Å²) in [5.74, 6) is -0.376. The topological polar surface area (TPSA) is 57.5 Å². The van der Waals surface area contributed by atoms with Gasteiger partial charge in [-0.3, -0.25) is 4.79 Å². The molecule has 0 amide bonds. The van der Waals surface area contributed by atoms with Crippen molar-refractivity contribution in [2.45, 2.75) is 24.7 Å². The molecular weight excluding hydrogens is 224 g/mol. The maximum atomic E-state index is 11.0. The van der Waals surface area contributed by atoms with Crippen LogP contribution in [0.15, 0.2) is 30.3 Å². The number of carboxylic acids is 1. The van der Waals surface area contributed by atoms with Crippen LogP contribution in [0.5, 0.6) is 0 Å². The number of benzene rings is 1. The van der Waals surface area contributed by atoms with E-state index in [0.29, 0.717) is 12.2 Å². The first kappa shape index (κ1) is 13.1. The van der Waals surface area contributed by atoms with E-state index in [9.17, 15) is 4.79 Å². The van der Waals surface area contributed by atoms with Crippen molar-refractivity contribution in [2.75, 3.05) is 5.75 Å². The van der Waals surface area contributed by atoms with Crippen LogP contribution in [-0.4, -0.2) is 33.3 Å². The van der Waals surface area contributed by atoms with Crippen molar-refractivity contribution < 1.29 is 15.0 Å². The van der Waals surface area contributed by atoms with E-state index in [1.807, 2.05) is 30.3 Å². The second kappa shape index (κ2) is 6.55. The quantitative estimate of drug-likeness (QED) is 0.796. The summed E-state index contributed by atoms with van der Waals surface area (Å²) in [7, 11) is 0. The lowest BCUT2D eigenvalue weighted by molar-refractivity contribution is -0.136. The molecule has 1 rings (SSSR count). The van der Waals surface area contributed by atoms with Crippen molar-refractivity contribution >= 4 is 17.7 Å². The van der Waals surface area contributed by atoms with E-state index in [2.05, 4.69) is 0 Å². The Morgan fingerprint density at radius 1 is 1.38 bits per heavy atom. The smallest absolute Gasteiger partial charge is 0.316 e. The largest absolute Gasteiger partial charge is 0.480 e. The fourth-order valence-corrected chi connectivity index (χ4v) is 2.26. The standard InChI is InChI=1S/C12H16O3S/c1-9(13)8-16-11(12(14)15)7-10-5-3-2-4-6-10/h2-6,9,11,13H,7-8H2,1H3,(H,14,15). The van der Waals surface area contributed by atoms with Crippen LogP contribution in [-0.2, 0) is 11.2 Å². The van der Waals surface area contributed by atoms with E-state index in [1.165, 1.54) is 11.8 Å². The van der Waals surface area contributed by atoms with E-state index >= 15 is 0 Å². The van der Waals surface area contributed by atoms with Crippen molar-refractivity contribution in [3.05, 3.63) is 35.9 Å². The molecule has 2 N–H and O–H groups in total. The van der Waals surface area contributed by atoms with Gasteiger partial charge in [-0.15, -0.1) is 11.8 Å². The molecule has 0 radical (unpaired) electrons. The molecule has 2 atom stereocenters. The molecule has 1 aromatic carbocycles. The zero-order chi connectivity index (χ0) is 12.0. The van der Waals surface area contributed by atoms with Crippen molar-refractivity contribution in [3.8, 4) is 0 Å². The van der Waals surface area contributed by atoms with Gasteiger partial charge in [0.05, 0.1) is 6.10 Å². The number of hydrogen-bond donors (Lipinski definition) is 2. The minimum Gasteiger partial charge on any atom is -0.480 e. The lowest BCUT2D eigenvalue weighted by Crippen LogP contribution is -2.21. The van der Waals surface area contributed by atoms with Crippen LogP contribution in [0.2, 0.25) is 0 Å². The molecule has 16 heavy (non-hydrogen) atoms. The lowest BCUT2D eigenvalue weighted by Gasteiger charge is -2.13. The van der Waals surface area contributed by atoms with Gasteiger partial charge in [-0.05, 0) is 18.9 Å². The molecular formula is C12H16O3S. The summed E-state index contributed by atoms with van der Waals surface area (Å²) in [5, 5.41) is 17.7. The Balaban J connectivity index is 2.55. The molecule has 0 saturated heterocycles. The van der Waals surface area contributed by atoms with E-state index in [1.54, 1.807) is 6.92 Å². The molecule has 0 aliphatic rings. The molecule has 0 saturated carbocycles. The number of thioether (sulfide) groups is 1. The first-order valence-electron chi connectivity index (χ1n) is 5.16. The third kappa shape index (κ3) is 4.68. The summed E-state index contributed by atoms with van der Waals surface area (Å²) in [5.41, 5.74) is 1.01. The minimum absolute atomic E-state index is 0.448. The van der Waals surface area contributed by atoms with E-state index in [4.69, 9.17) is 10.2 Å². The second-order valence-corrected chi connectivity index (χ2v) is 4.93. The van der Waals surface area contributed by atoms with Gasteiger partial charge in [0.1, 0.15) is 5.25 Å². The summed E-state index contributed by atoms with van der Waals surface area (Å²) < 4.78 is 0. The number of hydrogen-bond acceptors (Lipinski definition) is 3. The fraction of sp³-hybridized carbons (Fsp3) is 0.417. The maximum Gasteiger partial charge on any atom is 0.316 e. The van der Waals surface area contributed by atoms with Crippen molar-refractivity contribution in [1.29, 1.82) is 0 Å². The maximum absolute atomic E-state index is 11.0. The SMILES string of the molecule is CC(O)CSC(Cc1ccccc1)C(=O)O. The molecule has 0 bridgehead atoms. The third-order valence-electron chi connectivity index (χ3n) is 2.08. The van der Waals surface area contributed by atoms with Crippen LogP contribution < -0.4 is 0 Å². The molecule has 88 valence electrons. The molecule has 0 spiro atoms. The average Bonchev–Trinajstić information content (AvgIpc) is 2.25. The predicted octanol–water partition coefficient (Wildman–Crippen LogP) is 1.80. The van der Waals surface area contributed by atoms with E-state index in [0.717, 1.165) is 5.56 Å². The second-order valence-electron chi connectivity index (χ2n) is 3.70. The van der Waals surface area contributed by atoms with Crippen molar-refractivity contribution in [1.82, 2.24) is 0 Å². The van der Waals surface area contributed by atoms with Gasteiger partial charge in [0.25, 0.3) is 0 Å². The van der Waals surface area contributed by atoms with Gasteiger partial charge in [0.2, 0.25) is 0 Å². The molecule has 0 aromatic heterocycles. The van der Waals surface area contributed by atoms with E-state index < -0.39 is 17.3 Å². The average molecular weight is 240 g/mol. The number of carbonyl (C=O) groups is 1. The monoisotopic (exact) mass is 240 g/mol. The number of aliphatic hydroxyl groups excluding tert-OH is 1. The van der Waals surface area contributed by atoms with Crippen molar-refractivity contribution in [3.63, 3.8) is 0 Å². The molecule has 4 heteroatoms. The highest BCUT2D eigenvalue weighted by Gasteiger charge is 2.18. The Labute approximate surface area is 99.5 Å². The summed E-state index contributed by atoms with van der Waals surface area (Å²) in [6, 6.07) is 9.53. The first-order chi connectivity index (χ1) is 7.59. The third-order valence-corrected chi connectivity index (χ3v) is 3.52. The van der Waals surface area contributed by atoms with Crippen LogP contribution in [0.1, 0.15) is 12.5 Å². The number of rotatable bonds is 6. The predicted molar refractivity (Wildman–Crippen MR) is 65.7 cm³/mol. The van der Waals surface area contributed by atoms with Crippen LogP contribution in [0.3, 0.4) is 0 Å². The Bertz CT molecular complexity index is 324. The molecule has 3 nitrogen and oxygen atoms in total. The van der Waals surface area contributed by atoms with Crippen molar-refractivity contribution in [2.24, 2.45) is 0 Å². The zero-order valence-corrected chi connectivity index (χ0v) is 9.98. The van der Waals surface area contributed by atoms with Gasteiger partial charge in [-0.2, -0.15) is 0 Å². The van der Waals surface area contributed by atoms with Gasteiger partial charge < -0.3 is 10.2 Å². The highest BCUT2D eigenvalue weighted by atomic mass is 32.2. The summed E-state index contributed by atoms with van der Waals surface area (Å²) in [6.45, 7) is 1.66. The number of aliphatic carboxylic acids is 1. The number of aliphatic hydroxyl groups is 1. The Kier molecular flexibility index (Phi) is 5.35. The lowest BCUT2D eigenvalue weighted by atomic mass is 10.1. The Hall–Kier alpha value is -1.00. The van der Waals surface area contributed by atoms with Crippen LogP contribution >= 0.6 is 11.8 Å². The molecule has 2 unspecified atom stereocenters. The fourth-order valence-electron chi connectivity index (χ4n) is 1.30. The molecule has 1 aromatic rings. The van der Waals surface area contributed by atoms with Gasteiger partial charge in [0, 0.05) is 5.75 Å². The molecule has 0 fully saturated rings. The number of carboxylic acid groups (broad SMARTS) is 1. The minimum atomic E-state index is -0.825. The highest BCUT2D eigenvalue weighted by Crippen LogP contribution is 2.17. The van der Waals surface area contributed by atoms with Gasteiger partial charge in [-0.1, -0.05) is 30.3 Å². The van der Waals surface area contributed by atoms with Gasteiger partial charge in [-0.25, -0.2) is 0 Å². The molecule has 0 heterocycles. The van der Waals surface area contributed by atoms with Gasteiger partial charge >= 0.3 is 5.97 Å². The molecule has 0 aliphatic heterocycles. The summed E-state index contributed by atoms with van der Waals surface area (Å²) >= 11 is 1.28. The molecule has 0 aliphatic carbocycles. The Morgan fingerprint density at radius 3 is 2.50 bits per heavy atom. The normalized spacial score (nSPS) is 14.4. The zero-order valence-electron chi connectivity index (χ0n) is 9.17.